The fourth-order valence-corrected chi connectivity index (χ4v) is 2.91. The van der Waals surface area contributed by atoms with E-state index in [1.165, 1.54) is 13.0 Å². The number of rotatable bonds is 5. The summed E-state index contributed by atoms with van der Waals surface area (Å²) in [7, 11) is 0. The summed E-state index contributed by atoms with van der Waals surface area (Å²) in [6.07, 6.45) is 0.556. The molecule has 6 heteroatoms. The van der Waals surface area contributed by atoms with Crippen LogP contribution >= 0.6 is 11.6 Å². The Hall–Kier alpha value is -2.40. The van der Waals surface area contributed by atoms with Crippen LogP contribution < -0.4 is 5.32 Å². The van der Waals surface area contributed by atoms with Gasteiger partial charge < -0.3 is 9.88 Å². The van der Waals surface area contributed by atoms with Crippen LogP contribution in [0.1, 0.15) is 18.3 Å². The van der Waals surface area contributed by atoms with E-state index >= 15 is 0 Å². The predicted molar refractivity (Wildman–Crippen MR) is 92.6 cm³/mol. The summed E-state index contributed by atoms with van der Waals surface area (Å²) in [5.41, 5.74) is 2.18. The molecule has 0 spiro atoms. The molecule has 2 aromatic carbocycles. The average molecular weight is 346 g/mol. The predicted octanol–water partition coefficient (Wildman–Crippen LogP) is 3.56. The van der Waals surface area contributed by atoms with E-state index in [-0.39, 0.29) is 11.7 Å². The highest BCUT2D eigenvalue weighted by molar-refractivity contribution is 6.31. The highest BCUT2D eigenvalue weighted by Crippen LogP contribution is 2.24. The summed E-state index contributed by atoms with van der Waals surface area (Å²) in [6, 6.07) is 12.3. The number of amides is 1. The molecule has 0 bridgehead atoms. The Morgan fingerprint density at radius 1 is 1.25 bits per heavy atom. The van der Waals surface area contributed by atoms with Crippen LogP contribution in [-0.2, 0) is 17.8 Å². The number of nitrogens with one attached hydrogen (secondary N) is 1. The number of aromatic nitrogens is 2. The van der Waals surface area contributed by atoms with Crippen molar-refractivity contribution in [2.75, 3.05) is 6.54 Å². The summed E-state index contributed by atoms with van der Waals surface area (Å²) >= 11 is 6.17. The molecule has 0 radical (unpaired) electrons. The van der Waals surface area contributed by atoms with Crippen molar-refractivity contribution in [3.05, 3.63) is 64.7 Å². The maximum absolute atomic E-state index is 14.2. The van der Waals surface area contributed by atoms with Gasteiger partial charge >= 0.3 is 0 Å². The van der Waals surface area contributed by atoms with Gasteiger partial charge in [-0.15, -0.1) is 0 Å². The van der Waals surface area contributed by atoms with E-state index in [1.807, 2.05) is 28.8 Å². The number of nitrogens with zero attached hydrogens (tertiary/aromatic N) is 2. The molecule has 0 atom stereocenters. The molecule has 4 nitrogen and oxygen atoms in total. The van der Waals surface area contributed by atoms with Crippen LogP contribution in [0.2, 0.25) is 5.02 Å². The fourth-order valence-electron chi connectivity index (χ4n) is 2.68. The monoisotopic (exact) mass is 345 g/mol. The van der Waals surface area contributed by atoms with Gasteiger partial charge in [-0.05, 0) is 24.3 Å². The number of benzene rings is 2. The number of carbonyl (C=O) groups is 1. The molecule has 0 unspecified atom stereocenters. The molecule has 0 aliphatic heterocycles. The van der Waals surface area contributed by atoms with Gasteiger partial charge in [-0.3, -0.25) is 4.79 Å². The van der Waals surface area contributed by atoms with Crippen molar-refractivity contribution in [2.24, 2.45) is 0 Å². The first-order chi connectivity index (χ1) is 11.6. The number of para-hydroxylation sites is 2. The first-order valence-corrected chi connectivity index (χ1v) is 8.05. The van der Waals surface area contributed by atoms with Gasteiger partial charge in [-0.25, -0.2) is 9.37 Å². The van der Waals surface area contributed by atoms with Gasteiger partial charge in [-0.2, -0.15) is 0 Å². The molecule has 1 aromatic heterocycles. The lowest BCUT2D eigenvalue weighted by Crippen LogP contribution is -2.23. The molecule has 0 fully saturated rings. The van der Waals surface area contributed by atoms with Gasteiger partial charge in [0.2, 0.25) is 5.91 Å². The Morgan fingerprint density at radius 2 is 2.04 bits per heavy atom. The van der Waals surface area contributed by atoms with Crippen molar-refractivity contribution in [1.82, 2.24) is 14.9 Å². The number of halogens is 2. The van der Waals surface area contributed by atoms with E-state index in [0.29, 0.717) is 30.1 Å². The van der Waals surface area contributed by atoms with Gasteiger partial charge in [0.05, 0.1) is 17.6 Å². The quantitative estimate of drug-likeness (QED) is 0.768. The van der Waals surface area contributed by atoms with Crippen molar-refractivity contribution in [3.8, 4) is 0 Å². The van der Waals surface area contributed by atoms with E-state index < -0.39 is 0 Å². The third-order valence-corrected chi connectivity index (χ3v) is 4.19. The number of hydrogen-bond acceptors (Lipinski definition) is 2. The second-order valence-electron chi connectivity index (χ2n) is 5.54. The highest BCUT2D eigenvalue weighted by atomic mass is 35.5. The third-order valence-electron chi connectivity index (χ3n) is 3.83. The second kappa shape index (κ2) is 7.01. The summed E-state index contributed by atoms with van der Waals surface area (Å²) in [4.78, 5) is 15.7. The van der Waals surface area contributed by atoms with Crippen molar-refractivity contribution in [2.45, 2.75) is 19.9 Å². The summed E-state index contributed by atoms with van der Waals surface area (Å²) < 4.78 is 16.1. The van der Waals surface area contributed by atoms with Crippen LogP contribution in [-0.4, -0.2) is 22.0 Å². The smallest absolute Gasteiger partial charge is 0.216 e. The van der Waals surface area contributed by atoms with Gasteiger partial charge in [0, 0.05) is 30.5 Å². The Labute approximate surface area is 144 Å². The minimum Gasteiger partial charge on any atom is -0.356 e. The minimum absolute atomic E-state index is 0.0881. The van der Waals surface area contributed by atoms with E-state index in [2.05, 4.69) is 10.3 Å². The molecular formula is C18H17ClFN3O. The van der Waals surface area contributed by atoms with Crippen molar-refractivity contribution >= 4 is 28.5 Å². The molecule has 3 aromatic rings. The molecular weight excluding hydrogens is 329 g/mol. The molecule has 1 heterocycles. The lowest BCUT2D eigenvalue weighted by Gasteiger charge is -2.12. The van der Waals surface area contributed by atoms with E-state index in [0.717, 1.165) is 16.9 Å². The Kier molecular flexibility index (Phi) is 4.81. The van der Waals surface area contributed by atoms with E-state index in [1.54, 1.807) is 12.1 Å². The molecule has 0 saturated carbocycles. The maximum atomic E-state index is 14.2. The van der Waals surface area contributed by atoms with Crippen LogP contribution in [0.4, 0.5) is 4.39 Å². The zero-order valence-electron chi connectivity index (χ0n) is 13.2. The molecule has 1 N–H and O–H groups in total. The largest absolute Gasteiger partial charge is 0.356 e. The van der Waals surface area contributed by atoms with Crippen molar-refractivity contribution in [1.29, 1.82) is 0 Å². The Bertz CT molecular complexity index is 871. The lowest BCUT2D eigenvalue weighted by molar-refractivity contribution is -0.118. The number of imidazole rings is 1. The van der Waals surface area contributed by atoms with E-state index in [4.69, 9.17) is 11.6 Å². The molecule has 24 heavy (non-hydrogen) atoms. The van der Waals surface area contributed by atoms with Crippen molar-refractivity contribution in [3.63, 3.8) is 0 Å². The summed E-state index contributed by atoms with van der Waals surface area (Å²) in [5.74, 6) is 0.354. The topological polar surface area (TPSA) is 46.9 Å². The molecule has 1 amide bonds. The first-order valence-electron chi connectivity index (χ1n) is 7.67. The van der Waals surface area contributed by atoms with E-state index in [9.17, 15) is 9.18 Å². The SMILES string of the molecule is CC(=O)NCCc1nc2ccccc2n1Cc1c(F)cccc1Cl. The van der Waals surface area contributed by atoms with Gasteiger partial charge in [0.15, 0.2) is 0 Å². The van der Waals surface area contributed by atoms with Gasteiger partial charge in [-0.1, -0.05) is 29.8 Å². The Morgan fingerprint density at radius 3 is 2.79 bits per heavy atom. The molecule has 0 aliphatic carbocycles. The van der Waals surface area contributed by atoms with Crippen LogP contribution in [0.25, 0.3) is 11.0 Å². The molecule has 3 rings (SSSR count). The second-order valence-corrected chi connectivity index (χ2v) is 5.94. The summed E-state index contributed by atoms with van der Waals surface area (Å²) in [6.45, 7) is 2.24. The number of carbonyl (C=O) groups excluding carboxylic acids is 1. The zero-order chi connectivity index (χ0) is 17.1. The standard InChI is InChI=1S/C18H17ClFN3O/c1-12(24)21-10-9-18-22-16-7-2-3-8-17(16)23(18)11-13-14(19)5-4-6-15(13)20/h2-8H,9-11H2,1H3,(H,21,24). The molecule has 124 valence electrons. The number of fused-ring (bicyclic) bond motifs is 1. The fraction of sp³-hybridized carbons (Fsp3) is 0.222. The van der Waals surface area contributed by atoms with Crippen molar-refractivity contribution < 1.29 is 9.18 Å². The minimum atomic E-state index is -0.340. The van der Waals surface area contributed by atoms with Crippen LogP contribution in [0.3, 0.4) is 0 Å². The maximum Gasteiger partial charge on any atom is 0.216 e. The van der Waals surface area contributed by atoms with Crippen LogP contribution in [0, 0.1) is 5.82 Å². The Balaban J connectivity index is 1.99. The lowest BCUT2D eigenvalue weighted by atomic mass is 10.2. The highest BCUT2D eigenvalue weighted by Gasteiger charge is 2.14. The number of hydrogen-bond donors (Lipinski definition) is 1. The van der Waals surface area contributed by atoms with Gasteiger partial charge in [0.1, 0.15) is 11.6 Å². The van der Waals surface area contributed by atoms with Crippen LogP contribution in [0.5, 0.6) is 0 Å². The van der Waals surface area contributed by atoms with Gasteiger partial charge in [0.25, 0.3) is 0 Å². The summed E-state index contributed by atoms with van der Waals surface area (Å²) in [5, 5.41) is 3.15. The van der Waals surface area contributed by atoms with Crippen LogP contribution in [0.15, 0.2) is 42.5 Å². The normalized spacial score (nSPS) is 11.0. The average Bonchev–Trinajstić information content (AvgIpc) is 2.88. The first kappa shape index (κ1) is 16.5. The third kappa shape index (κ3) is 3.41. The molecule has 0 aliphatic rings. The zero-order valence-corrected chi connectivity index (χ0v) is 14.0. The molecule has 0 saturated heterocycles.